The molecule has 0 aromatic heterocycles. The van der Waals surface area contributed by atoms with Gasteiger partial charge in [0.1, 0.15) is 0 Å². The first-order valence-electron chi connectivity index (χ1n) is 5.25. The molecule has 0 unspecified atom stereocenters. The zero-order chi connectivity index (χ0) is 10.4. The summed E-state index contributed by atoms with van der Waals surface area (Å²) in [6, 6.07) is 0. The predicted molar refractivity (Wildman–Crippen MR) is 56.4 cm³/mol. The molecule has 1 rings (SSSR count). The second-order valence-corrected chi connectivity index (χ2v) is 3.69. The Morgan fingerprint density at radius 2 is 1.43 bits per heavy atom. The number of nitrogens with zero attached hydrogens (tertiary/aromatic N) is 2. The fourth-order valence-corrected chi connectivity index (χ4v) is 1.88. The second-order valence-electron chi connectivity index (χ2n) is 3.69. The predicted octanol–water partition coefficient (Wildman–Crippen LogP) is 0.243. The van der Waals surface area contributed by atoms with Crippen molar-refractivity contribution in [3.8, 4) is 0 Å². The van der Waals surface area contributed by atoms with E-state index in [0.717, 1.165) is 39.4 Å². The fraction of sp³-hybridized carbons (Fsp3) is 1.00. The number of rotatable bonds is 6. The van der Waals surface area contributed by atoms with Crippen molar-refractivity contribution in [2.75, 3.05) is 53.6 Å². The Hall–Kier alpha value is -0.160. The van der Waals surface area contributed by atoms with Crippen molar-refractivity contribution in [2.45, 2.75) is 13.1 Å². The maximum atomic E-state index is 5.08. The van der Waals surface area contributed by atoms with E-state index in [1.54, 1.807) is 14.2 Å². The molecule has 4 heteroatoms. The molecule has 1 aliphatic heterocycles. The summed E-state index contributed by atoms with van der Waals surface area (Å²) in [5.74, 6) is 0. The number of methoxy groups -OCH3 is 2. The van der Waals surface area contributed by atoms with Crippen molar-refractivity contribution in [2.24, 2.45) is 0 Å². The minimum absolute atomic E-state index is 0.528. The molecular weight excluding hydrogens is 180 g/mol. The van der Waals surface area contributed by atoms with Gasteiger partial charge < -0.3 is 9.47 Å². The van der Waals surface area contributed by atoms with Gasteiger partial charge in [0.15, 0.2) is 0 Å². The Bertz CT molecular complexity index is 139. The largest absolute Gasteiger partial charge is 0.383 e. The van der Waals surface area contributed by atoms with Gasteiger partial charge in [0.25, 0.3) is 0 Å². The molecule has 0 aliphatic carbocycles. The summed E-state index contributed by atoms with van der Waals surface area (Å²) in [6.07, 6.45) is 0.528. The molecule has 14 heavy (non-hydrogen) atoms. The summed E-state index contributed by atoms with van der Waals surface area (Å²) in [4.78, 5) is 4.89. The smallest absolute Gasteiger partial charge is 0.0595 e. The van der Waals surface area contributed by atoms with Crippen LogP contribution in [0.3, 0.4) is 0 Å². The Kier molecular flexibility index (Phi) is 5.40. The zero-order valence-corrected chi connectivity index (χ0v) is 9.53. The Morgan fingerprint density at radius 1 is 1.00 bits per heavy atom. The van der Waals surface area contributed by atoms with Gasteiger partial charge in [-0.05, 0) is 6.92 Å². The molecule has 0 aromatic carbocycles. The molecule has 1 heterocycles. The van der Waals surface area contributed by atoms with Gasteiger partial charge in [-0.15, -0.1) is 0 Å². The van der Waals surface area contributed by atoms with Crippen LogP contribution in [0.2, 0.25) is 0 Å². The van der Waals surface area contributed by atoms with Crippen LogP contribution >= 0.6 is 0 Å². The average Bonchev–Trinajstić information content (AvgIpc) is 2.54. The van der Waals surface area contributed by atoms with E-state index in [9.17, 15) is 0 Å². The van der Waals surface area contributed by atoms with Gasteiger partial charge in [0.05, 0.1) is 19.4 Å². The van der Waals surface area contributed by atoms with Crippen molar-refractivity contribution in [1.29, 1.82) is 0 Å². The van der Waals surface area contributed by atoms with Crippen LogP contribution in [0.1, 0.15) is 6.92 Å². The van der Waals surface area contributed by atoms with E-state index in [1.807, 2.05) is 0 Å². The quantitative estimate of drug-likeness (QED) is 0.616. The second kappa shape index (κ2) is 6.35. The highest BCUT2D eigenvalue weighted by Gasteiger charge is 2.26. The molecule has 0 amide bonds. The van der Waals surface area contributed by atoms with Gasteiger partial charge in [0, 0.05) is 40.4 Å². The lowest BCUT2D eigenvalue weighted by molar-refractivity contribution is 0.0886. The summed E-state index contributed by atoms with van der Waals surface area (Å²) < 4.78 is 10.2. The average molecular weight is 202 g/mol. The first-order valence-corrected chi connectivity index (χ1v) is 5.25. The highest BCUT2D eigenvalue weighted by atomic mass is 16.5. The van der Waals surface area contributed by atoms with E-state index in [-0.39, 0.29) is 0 Å². The van der Waals surface area contributed by atoms with E-state index < -0.39 is 0 Å². The normalized spacial score (nSPS) is 20.8. The van der Waals surface area contributed by atoms with Crippen molar-refractivity contribution >= 4 is 0 Å². The third-order valence-corrected chi connectivity index (χ3v) is 2.90. The van der Waals surface area contributed by atoms with Crippen LogP contribution in [0.4, 0.5) is 0 Å². The lowest BCUT2D eigenvalue weighted by atomic mass is 10.4. The van der Waals surface area contributed by atoms with Crippen LogP contribution in [0.5, 0.6) is 0 Å². The van der Waals surface area contributed by atoms with Gasteiger partial charge in [0.2, 0.25) is 0 Å². The molecule has 0 N–H and O–H groups in total. The molecule has 0 bridgehead atoms. The maximum absolute atomic E-state index is 5.08. The van der Waals surface area contributed by atoms with Gasteiger partial charge in [-0.3, -0.25) is 9.80 Å². The third kappa shape index (κ3) is 3.20. The molecular formula is C10H22N2O2. The summed E-state index contributed by atoms with van der Waals surface area (Å²) in [5.41, 5.74) is 0. The highest BCUT2D eigenvalue weighted by Crippen LogP contribution is 2.12. The summed E-state index contributed by atoms with van der Waals surface area (Å²) in [7, 11) is 3.51. The standard InChI is InChI=1S/C10H22N2O2/c1-10-11(6-8-13-2)4-5-12(10)7-9-14-3/h10H,4-9H2,1-3H3. The molecule has 0 radical (unpaired) electrons. The zero-order valence-electron chi connectivity index (χ0n) is 9.53. The van der Waals surface area contributed by atoms with E-state index >= 15 is 0 Å². The van der Waals surface area contributed by atoms with Crippen LogP contribution in [-0.2, 0) is 9.47 Å². The van der Waals surface area contributed by atoms with E-state index in [2.05, 4.69) is 16.7 Å². The minimum atomic E-state index is 0.528. The van der Waals surface area contributed by atoms with E-state index in [1.165, 1.54) is 0 Å². The first-order chi connectivity index (χ1) is 6.79. The molecule has 0 spiro atoms. The topological polar surface area (TPSA) is 24.9 Å². The van der Waals surface area contributed by atoms with Gasteiger partial charge in [-0.2, -0.15) is 0 Å². The van der Waals surface area contributed by atoms with Crippen molar-refractivity contribution in [3.05, 3.63) is 0 Å². The van der Waals surface area contributed by atoms with E-state index in [0.29, 0.717) is 6.17 Å². The molecule has 1 saturated heterocycles. The number of hydrogen-bond donors (Lipinski definition) is 0. The SMILES string of the molecule is COCCN1CCN(CCOC)C1C. The van der Waals surface area contributed by atoms with Crippen LogP contribution in [0, 0.1) is 0 Å². The molecule has 84 valence electrons. The molecule has 1 fully saturated rings. The van der Waals surface area contributed by atoms with Crippen molar-refractivity contribution in [3.63, 3.8) is 0 Å². The fourth-order valence-electron chi connectivity index (χ4n) is 1.88. The van der Waals surface area contributed by atoms with Crippen LogP contribution in [0.25, 0.3) is 0 Å². The van der Waals surface area contributed by atoms with Gasteiger partial charge in [-0.1, -0.05) is 0 Å². The monoisotopic (exact) mass is 202 g/mol. The third-order valence-electron chi connectivity index (χ3n) is 2.90. The van der Waals surface area contributed by atoms with Crippen LogP contribution in [0.15, 0.2) is 0 Å². The summed E-state index contributed by atoms with van der Waals surface area (Å²) >= 11 is 0. The van der Waals surface area contributed by atoms with Crippen molar-refractivity contribution < 1.29 is 9.47 Å². The highest BCUT2D eigenvalue weighted by molar-refractivity contribution is 4.78. The summed E-state index contributed by atoms with van der Waals surface area (Å²) in [6.45, 7) is 8.24. The number of hydrogen-bond acceptors (Lipinski definition) is 4. The van der Waals surface area contributed by atoms with Crippen LogP contribution in [-0.4, -0.2) is 69.6 Å². The van der Waals surface area contributed by atoms with Crippen LogP contribution < -0.4 is 0 Å². The minimum Gasteiger partial charge on any atom is -0.383 e. The molecule has 0 saturated carbocycles. The Balaban J connectivity index is 2.24. The van der Waals surface area contributed by atoms with E-state index in [4.69, 9.17) is 9.47 Å². The maximum Gasteiger partial charge on any atom is 0.0595 e. The van der Waals surface area contributed by atoms with Gasteiger partial charge >= 0.3 is 0 Å². The first kappa shape index (κ1) is 11.9. The molecule has 0 aromatic rings. The van der Waals surface area contributed by atoms with Crippen molar-refractivity contribution in [1.82, 2.24) is 9.80 Å². The lowest BCUT2D eigenvalue weighted by Crippen LogP contribution is -2.39. The van der Waals surface area contributed by atoms with Gasteiger partial charge in [-0.25, -0.2) is 0 Å². The Morgan fingerprint density at radius 3 is 1.79 bits per heavy atom. The Labute approximate surface area is 86.8 Å². The summed E-state index contributed by atoms with van der Waals surface area (Å²) in [5, 5.41) is 0. The number of ether oxygens (including phenoxy) is 2. The molecule has 0 atom stereocenters. The molecule has 4 nitrogen and oxygen atoms in total. The lowest BCUT2D eigenvalue weighted by Gasteiger charge is -2.26. The molecule has 1 aliphatic rings.